The average molecular weight is 280 g/mol. The summed E-state index contributed by atoms with van der Waals surface area (Å²) in [6.45, 7) is 15.4. The van der Waals surface area contributed by atoms with Crippen LogP contribution in [-0.2, 0) is 5.41 Å². The highest BCUT2D eigenvalue weighted by molar-refractivity contribution is 6.74. The standard InChI is InChI=1S/C16H28O2Si/c1-15(2,3)19(6,7)18-14-10-8-13(9-11-14)16(4,5)12-17/h8-11,17H,12H2,1-7H3. The summed E-state index contributed by atoms with van der Waals surface area (Å²) in [6.07, 6.45) is 0. The summed E-state index contributed by atoms with van der Waals surface area (Å²) in [5.41, 5.74) is 0.938. The first-order chi connectivity index (χ1) is 8.49. The highest BCUT2D eigenvalue weighted by atomic mass is 28.4. The van der Waals surface area contributed by atoms with Crippen molar-refractivity contribution in [2.45, 2.75) is 58.2 Å². The zero-order chi connectivity index (χ0) is 14.9. The van der Waals surface area contributed by atoms with E-state index in [2.05, 4.69) is 46.0 Å². The molecular formula is C16H28O2Si. The van der Waals surface area contributed by atoms with Crippen LogP contribution in [0.25, 0.3) is 0 Å². The molecule has 0 fully saturated rings. The van der Waals surface area contributed by atoms with Crippen LogP contribution in [0.2, 0.25) is 18.1 Å². The minimum atomic E-state index is -1.77. The summed E-state index contributed by atoms with van der Waals surface area (Å²) in [6, 6.07) is 8.15. The van der Waals surface area contributed by atoms with Gasteiger partial charge in [-0.2, -0.15) is 0 Å². The average Bonchev–Trinajstić information content (AvgIpc) is 2.27. The molecule has 0 heterocycles. The van der Waals surface area contributed by atoms with Crippen molar-refractivity contribution < 1.29 is 9.53 Å². The lowest BCUT2D eigenvalue weighted by molar-refractivity contribution is 0.218. The van der Waals surface area contributed by atoms with Crippen LogP contribution in [0.5, 0.6) is 5.75 Å². The molecule has 0 aliphatic rings. The summed E-state index contributed by atoms with van der Waals surface area (Å²) in [5.74, 6) is 0.934. The molecule has 0 bridgehead atoms. The Morgan fingerprint density at radius 3 is 1.84 bits per heavy atom. The fraction of sp³-hybridized carbons (Fsp3) is 0.625. The minimum Gasteiger partial charge on any atom is -0.544 e. The molecule has 0 atom stereocenters. The molecule has 19 heavy (non-hydrogen) atoms. The van der Waals surface area contributed by atoms with Gasteiger partial charge in [-0.05, 0) is 35.8 Å². The Kier molecular flexibility index (Phi) is 4.53. The van der Waals surface area contributed by atoms with Crippen molar-refractivity contribution in [1.82, 2.24) is 0 Å². The first-order valence-electron chi connectivity index (χ1n) is 6.90. The minimum absolute atomic E-state index is 0.148. The molecule has 0 saturated heterocycles. The molecule has 1 N–H and O–H groups in total. The van der Waals surface area contributed by atoms with Gasteiger partial charge in [0.25, 0.3) is 0 Å². The zero-order valence-electron chi connectivity index (χ0n) is 13.4. The summed E-state index contributed by atoms with van der Waals surface area (Å²) < 4.78 is 6.24. The van der Waals surface area contributed by atoms with E-state index >= 15 is 0 Å². The predicted octanol–water partition coefficient (Wildman–Crippen LogP) is 4.34. The molecule has 0 aliphatic carbocycles. The van der Waals surface area contributed by atoms with E-state index in [0.717, 1.165) is 11.3 Å². The fourth-order valence-electron chi connectivity index (χ4n) is 1.51. The maximum atomic E-state index is 9.39. The van der Waals surface area contributed by atoms with Crippen molar-refractivity contribution in [1.29, 1.82) is 0 Å². The van der Waals surface area contributed by atoms with E-state index in [4.69, 9.17) is 4.43 Å². The second-order valence-electron chi connectivity index (χ2n) is 7.43. The number of rotatable bonds is 4. The molecule has 0 saturated carbocycles. The van der Waals surface area contributed by atoms with Crippen LogP contribution in [-0.4, -0.2) is 20.0 Å². The van der Waals surface area contributed by atoms with E-state index in [1.54, 1.807) is 0 Å². The Morgan fingerprint density at radius 1 is 1.00 bits per heavy atom. The van der Waals surface area contributed by atoms with E-state index < -0.39 is 8.32 Å². The molecule has 1 aromatic carbocycles. The van der Waals surface area contributed by atoms with Gasteiger partial charge in [0.1, 0.15) is 5.75 Å². The lowest BCUT2D eigenvalue weighted by atomic mass is 9.86. The van der Waals surface area contributed by atoms with Gasteiger partial charge in [-0.15, -0.1) is 0 Å². The summed E-state index contributed by atoms with van der Waals surface area (Å²) >= 11 is 0. The summed E-state index contributed by atoms with van der Waals surface area (Å²) in [5, 5.41) is 9.59. The third-order valence-electron chi connectivity index (χ3n) is 4.21. The predicted molar refractivity (Wildman–Crippen MR) is 84.4 cm³/mol. The molecule has 0 unspecified atom stereocenters. The Labute approximate surface area is 118 Å². The molecular weight excluding hydrogens is 252 g/mol. The van der Waals surface area contributed by atoms with Crippen LogP contribution >= 0.6 is 0 Å². The largest absolute Gasteiger partial charge is 0.544 e. The maximum Gasteiger partial charge on any atom is 0.250 e. The van der Waals surface area contributed by atoms with Crippen molar-refractivity contribution in [3.8, 4) is 5.75 Å². The smallest absolute Gasteiger partial charge is 0.250 e. The molecule has 1 aromatic rings. The molecule has 3 heteroatoms. The summed E-state index contributed by atoms with van der Waals surface area (Å²) in [4.78, 5) is 0. The highest BCUT2D eigenvalue weighted by Gasteiger charge is 2.38. The quantitative estimate of drug-likeness (QED) is 0.831. The third kappa shape index (κ3) is 3.83. The van der Waals surface area contributed by atoms with Gasteiger partial charge >= 0.3 is 0 Å². The van der Waals surface area contributed by atoms with Gasteiger partial charge in [-0.25, -0.2) is 0 Å². The van der Waals surface area contributed by atoms with Crippen LogP contribution in [0, 0.1) is 0 Å². The van der Waals surface area contributed by atoms with E-state index in [-0.39, 0.29) is 17.1 Å². The maximum absolute atomic E-state index is 9.39. The Balaban J connectivity index is 2.90. The van der Waals surface area contributed by atoms with Crippen molar-refractivity contribution in [3.05, 3.63) is 29.8 Å². The van der Waals surface area contributed by atoms with Crippen molar-refractivity contribution in [3.63, 3.8) is 0 Å². The van der Waals surface area contributed by atoms with E-state index in [1.165, 1.54) is 0 Å². The van der Waals surface area contributed by atoms with Gasteiger partial charge in [0.2, 0.25) is 8.32 Å². The normalized spacial score (nSPS) is 13.5. The fourth-order valence-corrected chi connectivity index (χ4v) is 2.54. The van der Waals surface area contributed by atoms with E-state index in [0.29, 0.717) is 0 Å². The molecule has 108 valence electrons. The Hall–Kier alpha value is -0.803. The van der Waals surface area contributed by atoms with Crippen LogP contribution in [0.4, 0.5) is 0 Å². The second kappa shape index (κ2) is 5.29. The van der Waals surface area contributed by atoms with E-state index in [1.807, 2.05) is 26.0 Å². The number of benzene rings is 1. The summed E-state index contributed by atoms with van der Waals surface area (Å²) in [7, 11) is -1.77. The van der Waals surface area contributed by atoms with Crippen molar-refractivity contribution in [2.24, 2.45) is 0 Å². The number of hydrogen-bond acceptors (Lipinski definition) is 2. The zero-order valence-corrected chi connectivity index (χ0v) is 14.4. The molecule has 1 rings (SSSR count). The van der Waals surface area contributed by atoms with Gasteiger partial charge in [0.05, 0.1) is 6.61 Å². The van der Waals surface area contributed by atoms with E-state index in [9.17, 15) is 5.11 Å². The van der Waals surface area contributed by atoms with Crippen LogP contribution in [0.3, 0.4) is 0 Å². The lowest BCUT2D eigenvalue weighted by Gasteiger charge is -2.36. The molecule has 0 amide bonds. The third-order valence-corrected chi connectivity index (χ3v) is 8.57. The monoisotopic (exact) mass is 280 g/mol. The highest BCUT2D eigenvalue weighted by Crippen LogP contribution is 2.37. The molecule has 0 aliphatic heterocycles. The van der Waals surface area contributed by atoms with Gasteiger partial charge in [-0.1, -0.05) is 46.8 Å². The van der Waals surface area contributed by atoms with Gasteiger partial charge in [-0.3, -0.25) is 0 Å². The first-order valence-corrected chi connectivity index (χ1v) is 9.81. The number of hydrogen-bond donors (Lipinski definition) is 1. The topological polar surface area (TPSA) is 29.5 Å². The van der Waals surface area contributed by atoms with Crippen LogP contribution < -0.4 is 4.43 Å². The van der Waals surface area contributed by atoms with Crippen molar-refractivity contribution in [2.75, 3.05) is 6.61 Å². The molecule has 2 nitrogen and oxygen atoms in total. The van der Waals surface area contributed by atoms with Gasteiger partial charge in [0, 0.05) is 5.41 Å². The molecule has 0 radical (unpaired) electrons. The lowest BCUT2D eigenvalue weighted by Crippen LogP contribution is -2.43. The van der Waals surface area contributed by atoms with Gasteiger partial charge < -0.3 is 9.53 Å². The molecule has 0 spiro atoms. The second-order valence-corrected chi connectivity index (χ2v) is 12.2. The van der Waals surface area contributed by atoms with Crippen molar-refractivity contribution >= 4 is 8.32 Å². The Morgan fingerprint density at radius 2 is 1.47 bits per heavy atom. The number of aliphatic hydroxyl groups is 1. The Bertz CT molecular complexity index is 413. The van der Waals surface area contributed by atoms with Gasteiger partial charge in [0.15, 0.2) is 0 Å². The molecule has 0 aromatic heterocycles. The SMILES string of the molecule is CC(C)(CO)c1ccc(O[Si](C)(C)C(C)(C)C)cc1. The van der Waals surface area contributed by atoms with Crippen LogP contribution in [0.1, 0.15) is 40.2 Å². The first kappa shape index (κ1) is 16.3. The number of aliphatic hydroxyl groups excluding tert-OH is 1. The van der Waals surface area contributed by atoms with Crippen LogP contribution in [0.15, 0.2) is 24.3 Å².